The molecule has 0 unspecified atom stereocenters. The molecule has 0 saturated carbocycles. The second-order valence-corrected chi connectivity index (χ2v) is 4.60. The normalized spacial score (nSPS) is 10.3. The molecule has 0 aliphatic rings. The third kappa shape index (κ3) is 5.25. The lowest BCUT2D eigenvalue weighted by Crippen LogP contribution is -2.30. The van der Waals surface area contributed by atoms with Crippen LogP contribution in [-0.2, 0) is 4.74 Å². The van der Waals surface area contributed by atoms with E-state index in [1.165, 1.54) is 0 Å². The number of halogens is 2. The highest BCUT2D eigenvalue weighted by Gasteiger charge is 2.11. The van der Waals surface area contributed by atoms with Gasteiger partial charge in [-0.1, -0.05) is 23.7 Å². The van der Waals surface area contributed by atoms with Gasteiger partial charge in [-0.3, -0.25) is 0 Å². The Hall–Kier alpha value is -0.770. The lowest BCUT2D eigenvalue weighted by molar-refractivity contribution is 0.0461. The molecule has 3 nitrogen and oxygen atoms in total. The molecule has 0 aliphatic carbocycles. The van der Waals surface area contributed by atoms with Gasteiger partial charge in [-0.15, -0.1) is 12.4 Å². The van der Waals surface area contributed by atoms with Crippen molar-refractivity contribution in [3.05, 3.63) is 34.9 Å². The van der Waals surface area contributed by atoms with Crippen molar-refractivity contribution in [1.29, 1.82) is 0 Å². The molecular weight excluding hydrogens is 273 g/mol. The number of ether oxygens (including phenoxy) is 1. The molecule has 0 aliphatic heterocycles. The molecule has 1 aromatic rings. The first kappa shape index (κ1) is 17.2. The second-order valence-electron chi connectivity index (χ2n) is 4.19. The van der Waals surface area contributed by atoms with Crippen LogP contribution in [0.25, 0.3) is 0 Å². The quantitative estimate of drug-likeness (QED) is 0.780. The summed E-state index contributed by atoms with van der Waals surface area (Å²) in [4.78, 5) is 13.8. The molecule has 102 valence electrons. The Labute approximate surface area is 119 Å². The predicted molar refractivity (Wildman–Crippen MR) is 76.7 cm³/mol. The smallest absolute Gasteiger partial charge is 0.339 e. The van der Waals surface area contributed by atoms with E-state index >= 15 is 0 Å². The van der Waals surface area contributed by atoms with Crippen LogP contribution in [0.1, 0.15) is 24.2 Å². The molecule has 0 spiro atoms. The third-order valence-corrected chi connectivity index (χ3v) is 2.98. The van der Waals surface area contributed by atoms with Crippen LogP contribution in [0.3, 0.4) is 0 Å². The number of hydrogen-bond acceptors (Lipinski definition) is 3. The molecule has 0 amide bonds. The molecule has 0 atom stereocenters. The van der Waals surface area contributed by atoms with E-state index < -0.39 is 0 Å². The number of carbonyl (C=O) groups excluding carboxylic acids is 1. The van der Waals surface area contributed by atoms with Crippen LogP contribution in [0, 0.1) is 0 Å². The van der Waals surface area contributed by atoms with Gasteiger partial charge >= 0.3 is 5.97 Å². The maximum Gasteiger partial charge on any atom is 0.339 e. The van der Waals surface area contributed by atoms with Crippen molar-refractivity contribution in [2.45, 2.75) is 19.9 Å². The van der Waals surface area contributed by atoms with Gasteiger partial charge in [-0.25, -0.2) is 4.79 Å². The first-order valence-corrected chi connectivity index (χ1v) is 6.02. The molecule has 0 radical (unpaired) electrons. The van der Waals surface area contributed by atoms with Gasteiger partial charge in [0.2, 0.25) is 0 Å². The summed E-state index contributed by atoms with van der Waals surface area (Å²) in [5.74, 6) is -0.368. The van der Waals surface area contributed by atoms with Crippen LogP contribution in [0.15, 0.2) is 24.3 Å². The van der Waals surface area contributed by atoms with Gasteiger partial charge in [0, 0.05) is 12.6 Å². The Balaban J connectivity index is 0.00000289. The van der Waals surface area contributed by atoms with Crippen LogP contribution < -0.4 is 0 Å². The minimum Gasteiger partial charge on any atom is -0.461 e. The highest BCUT2D eigenvalue weighted by Crippen LogP contribution is 2.15. The molecule has 5 heteroatoms. The van der Waals surface area contributed by atoms with Crippen LogP contribution in [0.5, 0.6) is 0 Å². The first-order valence-electron chi connectivity index (χ1n) is 5.64. The van der Waals surface area contributed by atoms with Crippen LogP contribution in [0.2, 0.25) is 5.02 Å². The minimum atomic E-state index is -0.368. The SMILES string of the molecule is CC(C)N(C)CCOC(=O)c1ccccc1Cl.Cl. The summed E-state index contributed by atoms with van der Waals surface area (Å²) in [5, 5.41) is 0.426. The van der Waals surface area contributed by atoms with Crippen molar-refractivity contribution in [2.24, 2.45) is 0 Å². The largest absolute Gasteiger partial charge is 0.461 e. The number of likely N-dealkylation sites (N-methyl/N-ethyl adjacent to an activating group) is 1. The zero-order chi connectivity index (χ0) is 12.8. The fourth-order valence-corrected chi connectivity index (χ4v) is 1.46. The van der Waals surface area contributed by atoms with Gasteiger partial charge < -0.3 is 9.64 Å². The summed E-state index contributed by atoms with van der Waals surface area (Å²) in [7, 11) is 1.99. The Morgan fingerprint density at radius 1 is 1.39 bits per heavy atom. The highest BCUT2D eigenvalue weighted by molar-refractivity contribution is 6.33. The summed E-state index contributed by atoms with van der Waals surface area (Å²) in [5.41, 5.74) is 0.418. The number of esters is 1. The molecule has 0 N–H and O–H groups in total. The van der Waals surface area contributed by atoms with Gasteiger partial charge in [0.15, 0.2) is 0 Å². The topological polar surface area (TPSA) is 29.5 Å². The van der Waals surface area contributed by atoms with E-state index in [4.69, 9.17) is 16.3 Å². The van der Waals surface area contributed by atoms with E-state index in [1.54, 1.807) is 24.3 Å². The number of benzene rings is 1. The van der Waals surface area contributed by atoms with Gasteiger partial charge in [0.05, 0.1) is 10.6 Å². The Morgan fingerprint density at radius 3 is 2.56 bits per heavy atom. The molecule has 18 heavy (non-hydrogen) atoms. The van der Waals surface area contributed by atoms with Gasteiger partial charge in [-0.2, -0.15) is 0 Å². The average Bonchev–Trinajstić information content (AvgIpc) is 2.29. The van der Waals surface area contributed by atoms with Crippen molar-refractivity contribution in [2.75, 3.05) is 20.2 Å². The maximum atomic E-state index is 11.7. The van der Waals surface area contributed by atoms with E-state index in [0.717, 1.165) is 0 Å². The summed E-state index contributed by atoms with van der Waals surface area (Å²) < 4.78 is 5.16. The highest BCUT2D eigenvalue weighted by atomic mass is 35.5. The number of rotatable bonds is 5. The number of carbonyl (C=O) groups is 1. The Kier molecular flexibility index (Phi) is 8.00. The van der Waals surface area contributed by atoms with Crippen LogP contribution in [0.4, 0.5) is 0 Å². The second kappa shape index (κ2) is 8.35. The molecular formula is C13H19Cl2NO2. The first-order chi connectivity index (χ1) is 8.02. The fraction of sp³-hybridized carbons (Fsp3) is 0.462. The number of hydrogen-bond donors (Lipinski definition) is 0. The van der Waals surface area contributed by atoms with E-state index in [9.17, 15) is 4.79 Å². The van der Waals surface area contributed by atoms with E-state index in [1.807, 2.05) is 7.05 Å². The average molecular weight is 292 g/mol. The molecule has 0 fully saturated rings. The predicted octanol–water partition coefficient (Wildman–Crippen LogP) is 3.26. The molecule has 0 aromatic heterocycles. The van der Waals surface area contributed by atoms with E-state index in [0.29, 0.717) is 29.8 Å². The maximum absolute atomic E-state index is 11.7. The summed E-state index contributed by atoms with van der Waals surface area (Å²) in [6.07, 6.45) is 0. The minimum absolute atomic E-state index is 0. The molecule has 0 saturated heterocycles. The Morgan fingerprint density at radius 2 is 2.00 bits per heavy atom. The molecule has 1 aromatic carbocycles. The van der Waals surface area contributed by atoms with Gasteiger partial charge in [0.1, 0.15) is 6.61 Å². The van der Waals surface area contributed by atoms with Crippen molar-refractivity contribution < 1.29 is 9.53 Å². The summed E-state index contributed by atoms with van der Waals surface area (Å²) >= 11 is 5.90. The van der Waals surface area contributed by atoms with Gasteiger partial charge in [0.25, 0.3) is 0 Å². The number of nitrogens with zero attached hydrogens (tertiary/aromatic N) is 1. The van der Waals surface area contributed by atoms with Crippen molar-refractivity contribution in [3.63, 3.8) is 0 Å². The monoisotopic (exact) mass is 291 g/mol. The zero-order valence-corrected chi connectivity index (χ0v) is 12.4. The van der Waals surface area contributed by atoms with E-state index in [-0.39, 0.29) is 18.4 Å². The Bertz CT molecular complexity index is 383. The van der Waals surface area contributed by atoms with Crippen molar-refractivity contribution in [3.8, 4) is 0 Å². The lowest BCUT2D eigenvalue weighted by atomic mass is 10.2. The molecule has 0 heterocycles. The van der Waals surface area contributed by atoms with Crippen molar-refractivity contribution in [1.82, 2.24) is 4.90 Å². The fourth-order valence-electron chi connectivity index (χ4n) is 1.25. The van der Waals surface area contributed by atoms with Crippen LogP contribution in [-0.4, -0.2) is 37.1 Å². The lowest BCUT2D eigenvalue weighted by Gasteiger charge is -2.20. The van der Waals surface area contributed by atoms with Crippen LogP contribution >= 0.6 is 24.0 Å². The summed E-state index contributed by atoms with van der Waals surface area (Å²) in [6.45, 7) is 5.28. The molecule has 0 bridgehead atoms. The third-order valence-electron chi connectivity index (χ3n) is 2.65. The van der Waals surface area contributed by atoms with E-state index in [2.05, 4.69) is 18.7 Å². The standard InChI is InChI=1S/C13H18ClNO2.ClH/c1-10(2)15(3)8-9-17-13(16)11-6-4-5-7-12(11)14;/h4-7,10H,8-9H2,1-3H3;1H. The zero-order valence-electron chi connectivity index (χ0n) is 10.9. The van der Waals surface area contributed by atoms with Crippen molar-refractivity contribution >= 4 is 30.0 Å². The molecule has 1 rings (SSSR count). The summed E-state index contributed by atoms with van der Waals surface area (Å²) in [6, 6.07) is 7.33. The van der Waals surface area contributed by atoms with Gasteiger partial charge in [-0.05, 0) is 33.0 Å².